The topological polar surface area (TPSA) is 24.4 Å². The molecule has 2 fully saturated rings. The maximum atomic E-state index is 4.79. The van der Waals surface area contributed by atoms with Crippen molar-refractivity contribution >= 4 is 16.9 Å². The molecule has 2 nitrogen and oxygen atoms in total. The Balaban J connectivity index is 1.58. The zero-order valence-corrected chi connectivity index (χ0v) is 12.4. The summed E-state index contributed by atoms with van der Waals surface area (Å²) in [6, 6.07) is 10.7. The van der Waals surface area contributed by atoms with Gasteiger partial charge in [0.2, 0.25) is 0 Å². The predicted octanol–water partition coefficient (Wildman–Crippen LogP) is 3.80. The molecule has 19 heavy (non-hydrogen) atoms. The zero-order valence-electron chi connectivity index (χ0n) is 11.6. The molecule has 1 aromatic carbocycles. The Morgan fingerprint density at radius 1 is 1.26 bits per heavy atom. The predicted molar refractivity (Wildman–Crippen MR) is 84.0 cm³/mol. The van der Waals surface area contributed by atoms with Crippen molar-refractivity contribution in [2.24, 2.45) is 4.99 Å². The smallest absolute Gasteiger partial charge is 0.157 e. The molecule has 1 aliphatic carbocycles. The highest BCUT2D eigenvalue weighted by Gasteiger charge is 2.39. The van der Waals surface area contributed by atoms with Crippen molar-refractivity contribution in [1.29, 1.82) is 0 Å². The summed E-state index contributed by atoms with van der Waals surface area (Å²) in [6.45, 7) is 3.14. The number of nitrogens with one attached hydrogen (secondary N) is 1. The lowest BCUT2D eigenvalue weighted by Gasteiger charge is -2.21. The van der Waals surface area contributed by atoms with Crippen LogP contribution in [0, 0.1) is 0 Å². The molecular formula is C16H22N2S. The van der Waals surface area contributed by atoms with Crippen LogP contribution < -0.4 is 5.32 Å². The minimum Gasteiger partial charge on any atom is -0.359 e. The number of hydrogen-bond acceptors (Lipinski definition) is 2. The third kappa shape index (κ3) is 2.97. The highest BCUT2D eigenvalue weighted by Crippen LogP contribution is 2.37. The third-order valence-electron chi connectivity index (χ3n) is 4.30. The lowest BCUT2D eigenvalue weighted by Crippen LogP contribution is -2.40. The van der Waals surface area contributed by atoms with E-state index >= 15 is 0 Å². The molecule has 1 N–H and O–H groups in total. The van der Waals surface area contributed by atoms with Crippen molar-refractivity contribution in [3.05, 3.63) is 35.9 Å². The van der Waals surface area contributed by atoms with Gasteiger partial charge in [-0.25, -0.2) is 0 Å². The molecule has 0 amide bonds. The standard InChI is InChI=1S/C16H22N2S/c1-13(14-7-3-2-4-8-14)11-17-15-18-16(12-19-15)9-5-6-10-16/h2-4,7-8,13H,5-6,9-12H2,1H3,(H,17,18). The summed E-state index contributed by atoms with van der Waals surface area (Å²) in [5.74, 6) is 1.71. The zero-order chi connectivity index (χ0) is 13.1. The number of amidine groups is 1. The first-order chi connectivity index (χ1) is 9.27. The van der Waals surface area contributed by atoms with E-state index in [1.54, 1.807) is 0 Å². The number of thioether (sulfide) groups is 1. The molecule has 1 unspecified atom stereocenters. The summed E-state index contributed by atoms with van der Waals surface area (Å²) in [5.41, 5.74) is 1.77. The van der Waals surface area contributed by atoms with E-state index < -0.39 is 0 Å². The van der Waals surface area contributed by atoms with Crippen LogP contribution in [0.25, 0.3) is 0 Å². The van der Waals surface area contributed by atoms with Crippen LogP contribution in [-0.2, 0) is 0 Å². The van der Waals surface area contributed by atoms with Gasteiger partial charge in [0.1, 0.15) is 0 Å². The summed E-state index contributed by atoms with van der Waals surface area (Å²) in [7, 11) is 0. The number of hydrogen-bond donors (Lipinski definition) is 1. The summed E-state index contributed by atoms with van der Waals surface area (Å²) in [6.07, 6.45) is 5.41. The molecule has 1 heterocycles. The van der Waals surface area contributed by atoms with E-state index in [0.717, 1.165) is 6.54 Å². The Labute approximate surface area is 120 Å². The Morgan fingerprint density at radius 2 is 2.00 bits per heavy atom. The summed E-state index contributed by atoms with van der Waals surface area (Å²) >= 11 is 1.91. The van der Waals surface area contributed by atoms with Gasteiger partial charge < -0.3 is 5.32 Å². The van der Waals surface area contributed by atoms with Crippen molar-refractivity contribution in [1.82, 2.24) is 5.32 Å². The molecule has 1 aliphatic heterocycles. The molecule has 2 aliphatic rings. The number of benzene rings is 1. The summed E-state index contributed by atoms with van der Waals surface area (Å²) in [5, 5.41) is 4.86. The molecule has 102 valence electrons. The Hall–Kier alpha value is -0.960. The van der Waals surface area contributed by atoms with Crippen LogP contribution in [0.5, 0.6) is 0 Å². The van der Waals surface area contributed by atoms with E-state index in [4.69, 9.17) is 4.99 Å². The van der Waals surface area contributed by atoms with Gasteiger partial charge in [0.05, 0.1) is 0 Å². The van der Waals surface area contributed by atoms with E-state index in [1.165, 1.54) is 42.2 Å². The van der Waals surface area contributed by atoms with Gasteiger partial charge in [-0.2, -0.15) is 0 Å². The highest BCUT2D eigenvalue weighted by atomic mass is 32.2. The fourth-order valence-corrected chi connectivity index (χ4v) is 4.25. The van der Waals surface area contributed by atoms with Gasteiger partial charge in [-0.1, -0.05) is 61.9 Å². The first-order valence-corrected chi connectivity index (χ1v) is 8.26. The van der Waals surface area contributed by atoms with Crippen LogP contribution in [0.2, 0.25) is 0 Å². The average molecular weight is 274 g/mol. The Bertz CT molecular complexity index is 449. The van der Waals surface area contributed by atoms with E-state index in [0.29, 0.717) is 11.5 Å². The fourth-order valence-electron chi connectivity index (χ4n) is 3.02. The van der Waals surface area contributed by atoms with Gasteiger partial charge in [0, 0.05) is 23.8 Å². The molecule has 1 atom stereocenters. The molecule has 0 bridgehead atoms. The van der Waals surface area contributed by atoms with Crippen molar-refractivity contribution in [3.8, 4) is 0 Å². The van der Waals surface area contributed by atoms with E-state index in [-0.39, 0.29) is 0 Å². The Kier molecular flexibility index (Phi) is 3.83. The average Bonchev–Trinajstić information content (AvgIpc) is 3.08. The van der Waals surface area contributed by atoms with Crippen LogP contribution in [0.15, 0.2) is 35.3 Å². The quantitative estimate of drug-likeness (QED) is 0.906. The monoisotopic (exact) mass is 274 g/mol. The molecular weight excluding hydrogens is 252 g/mol. The second-order valence-electron chi connectivity index (χ2n) is 5.86. The molecule has 1 saturated carbocycles. The molecule has 1 spiro atoms. The van der Waals surface area contributed by atoms with E-state index in [9.17, 15) is 0 Å². The number of nitrogens with zero attached hydrogens (tertiary/aromatic N) is 1. The van der Waals surface area contributed by atoms with Gasteiger partial charge >= 0.3 is 0 Å². The lowest BCUT2D eigenvalue weighted by atomic mass is 10.0. The molecule has 0 radical (unpaired) electrons. The van der Waals surface area contributed by atoms with Gasteiger partial charge in [-0.05, 0) is 18.4 Å². The van der Waals surface area contributed by atoms with Crippen molar-refractivity contribution in [3.63, 3.8) is 0 Å². The van der Waals surface area contributed by atoms with E-state index in [2.05, 4.69) is 42.6 Å². The first-order valence-electron chi connectivity index (χ1n) is 7.28. The van der Waals surface area contributed by atoms with Crippen LogP contribution in [0.1, 0.15) is 44.1 Å². The van der Waals surface area contributed by atoms with Gasteiger partial charge in [-0.3, -0.25) is 4.99 Å². The van der Waals surface area contributed by atoms with Crippen molar-refractivity contribution < 1.29 is 0 Å². The second kappa shape index (κ2) is 5.58. The molecule has 3 rings (SSSR count). The third-order valence-corrected chi connectivity index (χ3v) is 5.50. The maximum absolute atomic E-state index is 4.79. The maximum Gasteiger partial charge on any atom is 0.157 e. The molecule has 3 heteroatoms. The SMILES string of the molecule is CC(CN=C1NC2(CCCC2)CS1)c1ccccc1. The van der Waals surface area contributed by atoms with Gasteiger partial charge in [0.25, 0.3) is 0 Å². The normalized spacial score (nSPS) is 24.8. The second-order valence-corrected chi connectivity index (χ2v) is 6.82. The summed E-state index contributed by atoms with van der Waals surface area (Å²) in [4.78, 5) is 4.79. The minimum absolute atomic E-state index is 0.388. The number of rotatable bonds is 3. The minimum atomic E-state index is 0.388. The molecule has 1 aromatic rings. The lowest BCUT2D eigenvalue weighted by molar-refractivity contribution is 0.452. The number of aliphatic imine (C=N–C) groups is 1. The first kappa shape index (κ1) is 13.0. The van der Waals surface area contributed by atoms with E-state index in [1.807, 2.05) is 11.8 Å². The van der Waals surface area contributed by atoms with Gasteiger partial charge in [0.15, 0.2) is 5.17 Å². The van der Waals surface area contributed by atoms with Crippen LogP contribution in [-0.4, -0.2) is 23.0 Å². The largest absolute Gasteiger partial charge is 0.359 e. The molecule has 1 saturated heterocycles. The molecule has 0 aromatic heterocycles. The Morgan fingerprint density at radius 3 is 2.74 bits per heavy atom. The van der Waals surface area contributed by atoms with Crippen molar-refractivity contribution in [2.45, 2.75) is 44.1 Å². The van der Waals surface area contributed by atoms with Crippen LogP contribution in [0.4, 0.5) is 0 Å². The highest BCUT2D eigenvalue weighted by molar-refractivity contribution is 8.14. The van der Waals surface area contributed by atoms with Crippen LogP contribution in [0.3, 0.4) is 0 Å². The summed E-state index contributed by atoms with van der Waals surface area (Å²) < 4.78 is 0. The van der Waals surface area contributed by atoms with Crippen LogP contribution >= 0.6 is 11.8 Å². The van der Waals surface area contributed by atoms with Gasteiger partial charge in [-0.15, -0.1) is 0 Å². The van der Waals surface area contributed by atoms with Crippen molar-refractivity contribution in [2.75, 3.05) is 12.3 Å². The fraction of sp³-hybridized carbons (Fsp3) is 0.562.